The molecule has 0 aliphatic heterocycles. The van der Waals surface area contributed by atoms with Crippen LogP contribution >= 0.6 is 11.3 Å². The first-order chi connectivity index (χ1) is 10.5. The maximum absolute atomic E-state index is 12.3. The summed E-state index contributed by atoms with van der Waals surface area (Å²) in [4.78, 5) is 12.8. The summed E-state index contributed by atoms with van der Waals surface area (Å²) in [6.45, 7) is 1.41. The van der Waals surface area contributed by atoms with E-state index in [4.69, 9.17) is 4.52 Å². The molecular formula is C14H16N2O4S2. The Hall–Kier alpha value is -1.67. The zero-order valence-electron chi connectivity index (χ0n) is 12.0. The standard InChI is InChI=1S/C14H16N2O4S2/c1-9(14(17)15-10-4-5-10)22(18,19)8-11-7-12(20-16-11)13-3-2-6-21-13/h2-3,6-7,9-10H,4-5,8H2,1H3,(H,15,17). The Labute approximate surface area is 132 Å². The van der Waals surface area contributed by atoms with E-state index in [0.29, 0.717) is 11.5 Å². The Kier molecular flexibility index (Phi) is 4.05. The van der Waals surface area contributed by atoms with Crippen molar-refractivity contribution in [3.05, 3.63) is 29.3 Å². The monoisotopic (exact) mass is 340 g/mol. The Morgan fingerprint density at radius 3 is 2.95 bits per heavy atom. The van der Waals surface area contributed by atoms with Crippen molar-refractivity contribution in [2.75, 3.05) is 0 Å². The van der Waals surface area contributed by atoms with E-state index in [9.17, 15) is 13.2 Å². The molecule has 1 N–H and O–H groups in total. The molecule has 1 atom stereocenters. The third-order valence-electron chi connectivity index (χ3n) is 3.50. The first-order valence-electron chi connectivity index (χ1n) is 6.97. The lowest BCUT2D eigenvalue weighted by molar-refractivity contribution is -0.120. The summed E-state index contributed by atoms with van der Waals surface area (Å²) in [5.74, 6) is -0.207. The van der Waals surface area contributed by atoms with Gasteiger partial charge in [0.1, 0.15) is 5.25 Å². The minimum absolute atomic E-state index is 0.141. The lowest BCUT2D eigenvalue weighted by Gasteiger charge is -2.11. The molecule has 0 spiro atoms. The van der Waals surface area contributed by atoms with Crippen molar-refractivity contribution in [3.8, 4) is 10.6 Å². The minimum Gasteiger partial charge on any atom is -0.355 e. The fourth-order valence-corrected chi connectivity index (χ4v) is 3.82. The summed E-state index contributed by atoms with van der Waals surface area (Å²) in [6, 6.07) is 5.50. The second-order valence-corrected chi connectivity index (χ2v) is 8.66. The van der Waals surface area contributed by atoms with Crippen molar-refractivity contribution < 1.29 is 17.7 Å². The number of nitrogens with zero attached hydrogens (tertiary/aromatic N) is 1. The molecule has 2 aromatic heterocycles. The van der Waals surface area contributed by atoms with Gasteiger partial charge in [0.15, 0.2) is 15.6 Å². The first-order valence-corrected chi connectivity index (χ1v) is 9.56. The number of aromatic nitrogens is 1. The van der Waals surface area contributed by atoms with Crippen LogP contribution in [0.25, 0.3) is 10.6 Å². The summed E-state index contributed by atoms with van der Waals surface area (Å²) >= 11 is 1.48. The van der Waals surface area contributed by atoms with Gasteiger partial charge in [0.05, 0.1) is 16.3 Å². The second-order valence-electron chi connectivity index (χ2n) is 5.39. The molecule has 22 heavy (non-hydrogen) atoms. The van der Waals surface area contributed by atoms with Crippen LogP contribution in [0.3, 0.4) is 0 Å². The smallest absolute Gasteiger partial charge is 0.238 e. The maximum Gasteiger partial charge on any atom is 0.238 e. The third kappa shape index (κ3) is 3.38. The van der Waals surface area contributed by atoms with E-state index in [1.807, 2.05) is 17.5 Å². The molecule has 2 aromatic rings. The number of hydrogen-bond donors (Lipinski definition) is 1. The van der Waals surface area contributed by atoms with Gasteiger partial charge < -0.3 is 9.84 Å². The van der Waals surface area contributed by atoms with E-state index in [2.05, 4.69) is 10.5 Å². The predicted molar refractivity (Wildman–Crippen MR) is 83.1 cm³/mol. The number of thiophene rings is 1. The third-order valence-corrected chi connectivity index (χ3v) is 6.38. The van der Waals surface area contributed by atoms with E-state index in [1.54, 1.807) is 6.07 Å². The van der Waals surface area contributed by atoms with Gasteiger partial charge in [-0.1, -0.05) is 11.2 Å². The van der Waals surface area contributed by atoms with Crippen LogP contribution in [0, 0.1) is 0 Å². The van der Waals surface area contributed by atoms with Crippen molar-refractivity contribution in [2.24, 2.45) is 0 Å². The highest BCUT2D eigenvalue weighted by Crippen LogP contribution is 2.26. The van der Waals surface area contributed by atoms with Crippen molar-refractivity contribution >= 4 is 27.1 Å². The fourth-order valence-electron chi connectivity index (χ4n) is 1.96. The molecular weight excluding hydrogens is 324 g/mol. The van der Waals surface area contributed by atoms with Crippen LogP contribution in [0.15, 0.2) is 28.1 Å². The summed E-state index contributed by atoms with van der Waals surface area (Å²) in [5.41, 5.74) is 0.314. The van der Waals surface area contributed by atoms with E-state index >= 15 is 0 Å². The number of carbonyl (C=O) groups is 1. The highest BCUT2D eigenvalue weighted by atomic mass is 32.2. The lowest BCUT2D eigenvalue weighted by Crippen LogP contribution is -2.39. The molecule has 1 amide bonds. The van der Waals surface area contributed by atoms with E-state index in [1.165, 1.54) is 18.3 Å². The van der Waals surface area contributed by atoms with Crippen LogP contribution in [0.1, 0.15) is 25.5 Å². The molecule has 1 fully saturated rings. The van der Waals surface area contributed by atoms with Gasteiger partial charge in [0.2, 0.25) is 5.91 Å². The van der Waals surface area contributed by atoms with Crippen molar-refractivity contribution in [1.82, 2.24) is 10.5 Å². The zero-order chi connectivity index (χ0) is 15.7. The van der Waals surface area contributed by atoms with Gasteiger partial charge in [-0.15, -0.1) is 11.3 Å². The molecule has 1 aliphatic carbocycles. The van der Waals surface area contributed by atoms with Crippen molar-refractivity contribution in [1.29, 1.82) is 0 Å². The average Bonchev–Trinajstić information content (AvgIpc) is 2.93. The SMILES string of the molecule is CC(C(=O)NC1CC1)S(=O)(=O)Cc1cc(-c2cccs2)on1. The summed E-state index contributed by atoms with van der Waals surface area (Å²) in [7, 11) is -3.62. The number of sulfone groups is 1. The number of rotatable bonds is 6. The molecule has 6 nitrogen and oxygen atoms in total. The maximum atomic E-state index is 12.3. The Bertz CT molecular complexity index is 761. The van der Waals surface area contributed by atoms with Gasteiger partial charge in [-0.25, -0.2) is 8.42 Å². The van der Waals surface area contributed by atoms with E-state index in [0.717, 1.165) is 17.7 Å². The molecule has 1 unspecified atom stereocenters. The lowest BCUT2D eigenvalue weighted by atomic mass is 10.3. The highest BCUT2D eigenvalue weighted by Gasteiger charge is 2.33. The molecule has 8 heteroatoms. The van der Waals surface area contributed by atoms with Crippen molar-refractivity contribution in [3.63, 3.8) is 0 Å². The molecule has 0 radical (unpaired) electrons. The summed E-state index contributed by atoms with van der Waals surface area (Å²) in [5, 5.41) is 7.32. The molecule has 118 valence electrons. The highest BCUT2D eigenvalue weighted by molar-refractivity contribution is 7.92. The zero-order valence-corrected chi connectivity index (χ0v) is 13.6. The average molecular weight is 340 g/mol. The van der Waals surface area contributed by atoms with Crippen molar-refractivity contribution in [2.45, 2.75) is 36.8 Å². The Morgan fingerprint density at radius 2 is 2.32 bits per heavy atom. The van der Waals surface area contributed by atoms with Crippen LogP contribution in [0.4, 0.5) is 0 Å². The number of carbonyl (C=O) groups excluding carboxylic acids is 1. The van der Waals surface area contributed by atoms with Crippen LogP contribution < -0.4 is 5.32 Å². The van der Waals surface area contributed by atoms with Gasteiger partial charge in [-0.2, -0.15) is 0 Å². The van der Waals surface area contributed by atoms with Crippen LogP contribution in [-0.2, 0) is 20.4 Å². The van der Waals surface area contributed by atoms with Crippen LogP contribution in [-0.4, -0.2) is 30.8 Å². The molecule has 0 aromatic carbocycles. The van der Waals surface area contributed by atoms with Gasteiger partial charge in [0, 0.05) is 12.1 Å². The molecule has 3 rings (SSSR count). The van der Waals surface area contributed by atoms with E-state index < -0.39 is 21.0 Å². The molecule has 1 saturated carbocycles. The quantitative estimate of drug-likeness (QED) is 0.868. The van der Waals surface area contributed by atoms with Gasteiger partial charge >= 0.3 is 0 Å². The summed E-state index contributed by atoms with van der Waals surface area (Å²) in [6.07, 6.45) is 1.85. The van der Waals surface area contributed by atoms with Gasteiger partial charge in [0.25, 0.3) is 0 Å². The number of amides is 1. The minimum atomic E-state index is -3.62. The second kappa shape index (κ2) is 5.85. The fraction of sp³-hybridized carbons (Fsp3) is 0.429. The number of hydrogen-bond acceptors (Lipinski definition) is 6. The Morgan fingerprint density at radius 1 is 1.55 bits per heavy atom. The van der Waals surface area contributed by atoms with Gasteiger partial charge in [-0.3, -0.25) is 4.79 Å². The predicted octanol–water partition coefficient (Wildman–Crippen LogP) is 1.98. The van der Waals surface area contributed by atoms with Gasteiger partial charge in [-0.05, 0) is 31.2 Å². The first kappa shape index (κ1) is 15.2. The van der Waals surface area contributed by atoms with Crippen LogP contribution in [0.5, 0.6) is 0 Å². The topological polar surface area (TPSA) is 89.3 Å². The Balaban J connectivity index is 1.69. The van der Waals surface area contributed by atoms with Crippen LogP contribution in [0.2, 0.25) is 0 Å². The summed E-state index contributed by atoms with van der Waals surface area (Å²) < 4.78 is 29.8. The molecule has 1 aliphatic rings. The number of nitrogens with one attached hydrogen (secondary N) is 1. The molecule has 0 saturated heterocycles. The largest absolute Gasteiger partial charge is 0.355 e. The molecule has 0 bridgehead atoms. The van der Waals surface area contributed by atoms with E-state index in [-0.39, 0.29) is 11.8 Å². The normalized spacial score (nSPS) is 16.4. The molecule has 2 heterocycles.